The Bertz CT molecular complexity index is 655. The van der Waals surface area contributed by atoms with Gasteiger partial charge >= 0.3 is 0 Å². The molecular formula is C15H17FN4O. The number of imidazole rings is 1. The molecule has 1 amide bonds. The summed E-state index contributed by atoms with van der Waals surface area (Å²) in [6.45, 7) is 1.00. The van der Waals surface area contributed by atoms with E-state index in [0.29, 0.717) is 19.5 Å². The zero-order valence-corrected chi connectivity index (χ0v) is 11.8. The fourth-order valence-electron chi connectivity index (χ4n) is 2.60. The van der Waals surface area contributed by atoms with E-state index in [1.165, 1.54) is 12.1 Å². The number of H-pyrrole nitrogens is 1. The Balaban J connectivity index is 1.65. The maximum atomic E-state index is 13.2. The molecule has 110 valence electrons. The van der Waals surface area contributed by atoms with E-state index < -0.39 is 0 Å². The highest BCUT2D eigenvalue weighted by Crippen LogP contribution is 2.14. The molecule has 0 saturated heterocycles. The van der Waals surface area contributed by atoms with E-state index in [2.05, 4.69) is 15.3 Å². The van der Waals surface area contributed by atoms with E-state index in [0.717, 1.165) is 17.0 Å². The van der Waals surface area contributed by atoms with Crippen molar-refractivity contribution in [2.45, 2.75) is 25.6 Å². The Morgan fingerprint density at radius 3 is 3.19 bits per heavy atom. The molecule has 5 nitrogen and oxygen atoms in total. The number of aromatic nitrogens is 2. The monoisotopic (exact) mass is 288 g/mol. The Hall–Kier alpha value is -2.21. The fourth-order valence-corrected chi connectivity index (χ4v) is 2.60. The topological polar surface area (TPSA) is 61.0 Å². The summed E-state index contributed by atoms with van der Waals surface area (Å²) < 4.78 is 13.2. The molecule has 2 aromatic rings. The Morgan fingerprint density at radius 2 is 2.38 bits per heavy atom. The maximum absolute atomic E-state index is 13.2. The number of nitrogens with one attached hydrogen (secondary N) is 2. The van der Waals surface area contributed by atoms with Crippen LogP contribution in [0.2, 0.25) is 0 Å². The first-order valence-electron chi connectivity index (χ1n) is 6.87. The summed E-state index contributed by atoms with van der Waals surface area (Å²) in [6, 6.07) is 6.03. The normalized spacial score (nSPS) is 17.3. The highest BCUT2D eigenvalue weighted by Gasteiger charge is 2.27. The third-order valence-electron chi connectivity index (χ3n) is 3.71. The zero-order valence-electron chi connectivity index (χ0n) is 11.8. The van der Waals surface area contributed by atoms with Gasteiger partial charge in [0.25, 0.3) is 0 Å². The Morgan fingerprint density at radius 1 is 1.52 bits per heavy atom. The van der Waals surface area contributed by atoms with Crippen molar-refractivity contribution in [1.29, 1.82) is 0 Å². The van der Waals surface area contributed by atoms with Gasteiger partial charge in [-0.15, -0.1) is 0 Å². The molecule has 0 fully saturated rings. The standard InChI is InChI=1S/C15H17FN4O/c1-20(8-10-3-2-4-11(16)5-10)15(21)13-6-12-14(7-17-13)19-9-18-12/h2-5,9,13,17H,6-8H2,1H3,(H,18,19). The molecule has 2 heterocycles. The van der Waals surface area contributed by atoms with Crippen LogP contribution in [-0.2, 0) is 24.3 Å². The van der Waals surface area contributed by atoms with Crippen LogP contribution in [0, 0.1) is 5.82 Å². The molecule has 0 saturated carbocycles. The van der Waals surface area contributed by atoms with Gasteiger partial charge < -0.3 is 9.88 Å². The molecule has 1 aliphatic rings. The quantitative estimate of drug-likeness (QED) is 0.893. The third kappa shape index (κ3) is 2.95. The van der Waals surface area contributed by atoms with E-state index in [1.54, 1.807) is 24.3 Å². The number of halogens is 1. The lowest BCUT2D eigenvalue weighted by Gasteiger charge is -2.27. The van der Waals surface area contributed by atoms with Gasteiger partial charge in [0, 0.05) is 26.6 Å². The molecule has 0 spiro atoms. The number of amides is 1. The summed E-state index contributed by atoms with van der Waals surface area (Å²) in [7, 11) is 1.73. The highest BCUT2D eigenvalue weighted by atomic mass is 19.1. The van der Waals surface area contributed by atoms with Gasteiger partial charge in [0.2, 0.25) is 5.91 Å². The van der Waals surface area contributed by atoms with Crippen LogP contribution >= 0.6 is 0 Å². The van der Waals surface area contributed by atoms with Crippen molar-refractivity contribution in [3.8, 4) is 0 Å². The minimum absolute atomic E-state index is 0.00656. The lowest BCUT2D eigenvalue weighted by atomic mass is 10.0. The van der Waals surface area contributed by atoms with Crippen LogP contribution < -0.4 is 5.32 Å². The molecule has 1 aliphatic heterocycles. The van der Waals surface area contributed by atoms with Crippen molar-refractivity contribution in [1.82, 2.24) is 20.2 Å². The van der Waals surface area contributed by atoms with E-state index in [1.807, 2.05) is 6.07 Å². The molecular weight excluding hydrogens is 271 g/mol. The lowest BCUT2D eigenvalue weighted by Crippen LogP contribution is -2.48. The Labute approximate surface area is 122 Å². The summed E-state index contributed by atoms with van der Waals surface area (Å²) in [4.78, 5) is 21.3. The van der Waals surface area contributed by atoms with Crippen molar-refractivity contribution in [3.63, 3.8) is 0 Å². The van der Waals surface area contributed by atoms with Crippen molar-refractivity contribution < 1.29 is 9.18 Å². The van der Waals surface area contributed by atoms with Crippen LogP contribution in [0.1, 0.15) is 17.0 Å². The van der Waals surface area contributed by atoms with Gasteiger partial charge in [-0.05, 0) is 17.7 Å². The van der Waals surface area contributed by atoms with Crippen molar-refractivity contribution in [2.75, 3.05) is 7.05 Å². The maximum Gasteiger partial charge on any atom is 0.240 e. The third-order valence-corrected chi connectivity index (χ3v) is 3.71. The number of rotatable bonds is 3. The van der Waals surface area contributed by atoms with Crippen molar-refractivity contribution >= 4 is 5.91 Å². The van der Waals surface area contributed by atoms with Crippen LogP contribution in [-0.4, -0.2) is 33.9 Å². The summed E-state index contributed by atoms with van der Waals surface area (Å²) >= 11 is 0. The molecule has 1 aromatic heterocycles. The van der Waals surface area contributed by atoms with Crippen LogP contribution in [0.25, 0.3) is 0 Å². The lowest BCUT2D eigenvalue weighted by molar-refractivity contribution is -0.132. The van der Waals surface area contributed by atoms with Crippen LogP contribution in [0.5, 0.6) is 0 Å². The minimum atomic E-state index is -0.287. The molecule has 6 heteroatoms. The Kier molecular flexibility index (Phi) is 3.70. The van der Waals surface area contributed by atoms with Gasteiger partial charge in [-0.1, -0.05) is 12.1 Å². The number of hydrogen-bond acceptors (Lipinski definition) is 3. The highest BCUT2D eigenvalue weighted by molar-refractivity contribution is 5.82. The number of likely N-dealkylation sites (N-methyl/N-ethyl adjacent to an activating group) is 1. The number of benzene rings is 1. The fraction of sp³-hybridized carbons (Fsp3) is 0.333. The molecule has 1 aromatic carbocycles. The van der Waals surface area contributed by atoms with Gasteiger partial charge in [0.1, 0.15) is 5.82 Å². The van der Waals surface area contributed by atoms with Gasteiger partial charge in [0.15, 0.2) is 0 Å². The molecule has 0 radical (unpaired) electrons. The number of carbonyl (C=O) groups excluding carboxylic acids is 1. The van der Waals surface area contributed by atoms with Crippen LogP contribution in [0.3, 0.4) is 0 Å². The van der Waals surface area contributed by atoms with Crippen molar-refractivity contribution in [3.05, 3.63) is 53.4 Å². The van der Waals surface area contributed by atoms with Crippen molar-refractivity contribution in [2.24, 2.45) is 0 Å². The summed E-state index contributed by atoms with van der Waals surface area (Å²) in [6.07, 6.45) is 2.22. The molecule has 2 N–H and O–H groups in total. The SMILES string of the molecule is CN(Cc1cccc(F)c1)C(=O)C1Cc2nc[nH]c2CN1. The molecule has 3 rings (SSSR count). The zero-order chi connectivity index (χ0) is 14.8. The van der Waals surface area contributed by atoms with Gasteiger partial charge in [0.05, 0.1) is 23.8 Å². The first-order chi connectivity index (χ1) is 10.1. The number of nitrogens with zero attached hydrogens (tertiary/aromatic N) is 2. The van der Waals surface area contributed by atoms with E-state index in [-0.39, 0.29) is 17.8 Å². The second-order valence-electron chi connectivity index (χ2n) is 5.29. The number of carbonyl (C=O) groups is 1. The van der Waals surface area contributed by atoms with Gasteiger partial charge in [-0.2, -0.15) is 0 Å². The van der Waals surface area contributed by atoms with Gasteiger partial charge in [-0.25, -0.2) is 9.37 Å². The molecule has 0 bridgehead atoms. The van der Waals surface area contributed by atoms with E-state index >= 15 is 0 Å². The average Bonchev–Trinajstić information content (AvgIpc) is 2.93. The first kappa shape index (κ1) is 13.8. The minimum Gasteiger partial charge on any atom is -0.347 e. The second-order valence-corrected chi connectivity index (χ2v) is 5.29. The molecule has 1 unspecified atom stereocenters. The average molecular weight is 288 g/mol. The number of fused-ring (bicyclic) bond motifs is 1. The predicted octanol–water partition coefficient (Wildman–Crippen LogP) is 1.22. The molecule has 21 heavy (non-hydrogen) atoms. The largest absolute Gasteiger partial charge is 0.347 e. The number of hydrogen-bond donors (Lipinski definition) is 2. The number of aromatic amines is 1. The van der Waals surface area contributed by atoms with Gasteiger partial charge in [-0.3, -0.25) is 10.1 Å². The smallest absolute Gasteiger partial charge is 0.240 e. The second kappa shape index (κ2) is 5.65. The summed E-state index contributed by atoms with van der Waals surface area (Å²) in [5.74, 6) is -0.293. The molecule has 0 aliphatic carbocycles. The van der Waals surface area contributed by atoms with Crippen LogP contribution in [0.4, 0.5) is 4.39 Å². The van der Waals surface area contributed by atoms with Crippen LogP contribution in [0.15, 0.2) is 30.6 Å². The van der Waals surface area contributed by atoms with E-state index in [9.17, 15) is 9.18 Å². The first-order valence-corrected chi connectivity index (χ1v) is 6.87. The molecule has 1 atom stereocenters. The van der Waals surface area contributed by atoms with E-state index in [4.69, 9.17) is 0 Å². The summed E-state index contributed by atoms with van der Waals surface area (Å²) in [5, 5.41) is 3.20. The predicted molar refractivity (Wildman–Crippen MR) is 75.8 cm³/mol. The summed E-state index contributed by atoms with van der Waals surface area (Å²) in [5.41, 5.74) is 2.75.